The number of nitrogens with one attached hydrogen (secondary N) is 1. The second-order valence-corrected chi connectivity index (χ2v) is 5.15. The molecule has 94 valence electrons. The number of nitrogens with zero attached hydrogens (tertiary/aromatic N) is 1. The third-order valence-corrected chi connectivity index (χ3v) is 3.79. The topological polar surface area (TPSA) is 72.0 Å². The van der Waals surface area contributed by atoms with Crippen LogP contribution in [0.3, 0.4) is 0 Å². The summed E-state index contributed by atoms with van der Waals surface area (Å²) in [6.45, 7) is 1.90. The van der Waals surface area contributed by atoms with E-state index in [-0.39, 0.29) is 12.2 Å². The minimum atomic E-state index is -0.662. The fourth-order valence-electron chi connectivity index (χ4n) is 1.31. The van der Waals surface area contributed by atoms with Crippen molar-refractivity contribution in [2.24, 2.45) is 0 Å². The van der Waals surface area contributed by atoms with Crippen molar-refractivity contribution >= 4 is 33.2 Å². The summed E-state index contributed by atoms with van der Waals surface area (Å²) in [5.41, 5.74) is -0.584. The Labute approximate surface area is 115 Å². The van der Waals surface area contributed by atoms with Gasteiger partial charge in [-0.1, -0.05) is 0 Å². The smallest absolute Gasteiger partial charge is 0.345 e. The zero-order valence-electron chi connectivity index (χ0n) is 9.40. The second kappa shape index (κ2) is 5.45. The van der Waals surface area contributed by atoms with Crippen molar-refractivity contribution in [3.8, 4) is 10.7 Å². The largest absolute Gasteiger partial charge is 0.462 e. The van der Waals surface area contributed by atoms with Crippen LogP contribution in [-0.4, -0.2) is 22.5 Å². The molecule has 0 radical (unpaired) electrons. The van der Waals surface area contributed by atoms with Crippen molar-refractivity contribution in [2.75, 3.05) is 6.61 Å². The van der Waals surface area contributed by atoms with Crippen LogP contribution in [0.25, 0.3) is 10.7 Å². The van der Waals surface area contributed by atoms with E-state index in [0.29, 0.717) is 5.82 Å². The molecule has 0 saturated heterocycles. The number of halogens is 1. The Hall–Kier alpha value is -1.47. The van der Waals surface area contributed by atoms with Gasteiger partial charge in [-0.15, -0.1) is 11.3 Å². The molecule has 0 saturated carbocycles. The molecule has 1 N–H and O–H groups in total. The lowest BCUT2D eigenvalue weighted by atomic mass is 10.3. The van der Waals surface area contributed by atoms with Gasteiger partial charge in [-0.25, -0.2) is 9.78 Å². The Bertz CT molecular complexity index is 635. The molecule has 0 amide bonds. The molecule has 0 aliphatic rings. The van der Waals surface area contributed by atoms with Gasteiger partial charge in [0.2, 0.25) is 0 Å². The Kier molecular flexibility index (Phi) is 3.93. The molecule has 0 unspecified atom stereocenters. The first kappa shape index (κ1) is 13.0. The summed E-state index contributed by atoms with van der Waals surface area (Å²) in [5, 5.41) is 1.88. The number of carbonyl (C=O) groups excluding carboxylic acids is 1. The molecular formula is C11H9BrN2O3S. The van der Waals surface area contributed by atoms with Crippen LogP contribution in [0.5, 0.6) is 0 Å². The van der Waals surface area contributed by atoms with E-state index in [1.165, 1.54) is 17.5 Å². The number of H-pyrrole nitrogens is 1. The van der Waals surface area contributed by atoms with E-state index in [9.17, 15) is 9.59 Å². The first-order valence-corrected chi connectivity index (χ1v) is 6.80. The minimum Gasteiger partial charge on any atom is -0.462 e. The van der Waals surface area contributed by atoms with Gasteiger partial charge < -0.3 is 9.72 Å². The van der Waals surface area contributed by atoms with E-state index in [2.05, 4.69) is 25.9 Å². The maximum atomic E-state index is 11.7. The van der Waals surface area contributed by atoms with Crippen LogP contribution in [0.1, 0.15) is 17.3 Å². The molecule has 18 heavy (non-hydrogen) atoms. The molecule has 2 aromatic rings. The summed E-state index contributed by atoms with van der Waals surface area (Å²) >= 11 is 4.76. The predicted octanol–water partition coefficient (Wildman–Crippen LogP) is 2.44. The molecule has 0 aliphatic carbocycles. The number of carbonyl (C=O) groups is 1. The van der Waals surface area contributed by atoms with Crippen LogP contribution in [0.2, 0.25) is 0 Å². The summed E-state index contributed by atoms with van der Waals surface area (Å²) in [4.78, 5) is 30.6. The first-order chi connectivity index (χ1) is 8.61. The molecule has 0 aromatic carbocycles. The summed E-state index contributed by atoms with van der Waals surface area (Å²) in [7, 11) is 0. The van der Waals surface area contributed by atoms with Gasteiger partial charge in [0.15, 0.2) is 0 Å². The van der Waals surface area contributed by atoms with Gasteiger partial charge in [-0.2, -0.15) is 0 Å². The quantitative estimate of drug-likeness (QED) is 0.878. The molecule has 0 atom stereocenters. The number of aromatic nitrogens is 2. The highest BCUT2D eigenvalue weighted by atomic mass is 79.9. The number of ether oxygens (including phenoxy) is 1. The molecule has 2 rings (SSSR count). The average molecular weight is 329 g/mol. The highest BCUT2D eigenvalue weighted by Crippen LogP contribution is 2.26. The first-order valence-electron chi connectivity index (χ1n) is 5.12. The number of aromatic amines is 1. The lowest BCUT2D eigenvalue weighted by molar-refractivity contribution is 0.0524. The molecule has 2 heterocycles. The zero-order chi connectivity index (χ0) is 13.1. The fourth-order valence-corrected chi connectivity index (χ4v) is 2.69. The van der Waals surface area contributed by atoms with E-state index in [4.69, 9.17) is 4.74 Å². The van der Waals surface area contributed by atoms with Gasteiger partial charge in [0.25, 0.3) is 5.56 Å². The number of esters is 1. The van der Waals surface area contributed by atoms with E-state index >= 15 is 0 Å². The molecule has 0 bridgehead atoms. The van der Waals surface area contributed by atoms with Gasteiger partial charge in [0, 0.05) is 16.0 Å². The maximum Gasteiger partial charge on any atom is 0.345 e. The number of hydrogen-bond acceptors (Lipinski definition) is 5. The number of hydrogen-bond donors (Lipinski definition) is 1. The second-order valence-electron chi connectivity index (χ2n) is 3.32. The monoisotopic (exact) mass is 328 g/mol. The van der Waals surface area contributed by atoms with Crippen LogP contribution in [-0.2, 0) is 4.74 Å². The highest BCUT2D eigenvalue weighted by molar-refractivity contribution is 9.10. The van der Waals surface area contributed by atoms with Crippen LogP contribution in [0.15, 0.2) is 26.9 Å². The fraction of sp³-hybridized carbons (Fsp3) is 0.182. The van der Waals surface area contributed by atoms with Crippen LogP contribution in [0, 0.1) is 0 Å². The van der Waals surface area contributed by atoms with Crippen molar-refractivity contribution in [3.63, 3.8) is 0 Å². The minimum absolute atomic E-state index is 0.0868. The van der Waals surface area contributed by atoms with Gasteiger partial charge in [-0.3, -0.25) is 4.79 Å². The van der Waals surface area contributed by atoms with Gasteiger partial charge in [0.05, 0.1) is 11.5 Å². The Morgan fingerprint density at radius 3 is 2.94 bits per heavy atom. The summed E-state index contributed by atoms with van der Waals surface area (Å²) < 4.78 is 5.67. The van der Waals surface area contributed by atoms with Crippen molar-refractivity contribution in [1.29, 1.82) is 0 Å². The molecule has 5 nitrogen and oxygen atoms in total. The lowest BCUT2D eigenvalue weighted by Crippen LogP contribution is -2.20. The van der Waals surface area contributed by atoms with Crippen LogP contribution in [0.4, 0.5) is 0 Å². The van der Waals surface area contributed by atoms with Crippen molar-refractivity contribution in [3.05, 3.63) is 38.0 Å². The Morgan fingerprint density at radius 1 is 1.61 bits per heavy atom. The van der Waals surface area contributed by atoms with Crippen LogP contribution < -0.4 is 5.56 Å². The van der Waals surface area contributed by atoms with E-state index in [0.717, 1.165) is 9.35 Å². The summed E-state index contributed by atoms with van der Waals surface area (Å²) in [6.07, 6.45) is 1.24. The van der Waals surface area contributed by atoms with Gasteiger partial charge in [-0.05, 0) is 28.9 Å². The predicted molar refractivity (Wildman–Crippen MR) is 71.8 cm³/mol. The van der Waals surface area contributed by atoms with Crippen molar-refractivity contribution < 1.29 is 9.53 Å². The molecule has 7 heteroatoms. The highest BCUT2D eigenvalue weighted by Gasteiger charge is 2.13. The Morgan fingerprint density at radius 2 is 2.39 bits per heavy atom. The van der Waals surface area contributed by atoms with Crippen molar-refractivity contribution in [2.45, 2.75) is 6.92 Å². The number of rotatable bonds is 3. The van der Waals surface area contributed by atoms with E-state index < -0.39 is 11.5 Å². The van der Waals surface area contributed by atoms with E-state index in [1.54, 1.807) is 6.92 Å². The molecular weight excluding hydrogens is 320 g/mol. The van der Waals surface area contributed by atoms with E-state index in [1.807, 2.05) is 11.4 Å². The standard InChI is InChI=1S/C11H9BrN2O3S/c1-2-17-11(16)7-4-13-9(14-10(7)15)8-3-6(12)5-18-8/h3-5H,2H2,1H3,(H,13,14,15). The molecule has 2 aromatic heterocycles. The normalized spacial score (nSPS) is 10.3. The van der Waals surface area contributed by atoms with Crippen LogP contribution >= 0.6 is 27.3 Å². The summed E-state index contributed by atoms with van der Waals surface area (Å²) in [6, 6.07) is 1.84. The third-order valence-electron chi connectivity index (χ3n) is 2.10. The van der Waals surface area contributed by atoms with Crippen molar-refractivity contribution in [1.82, 2.24) is 9.97 Å². The Balaban J connectivity index is 2.36. The van der Waals surface area contributed by atoms with Gasteiger partial charge in [0.1, 0.15) is 11.4 Å². The molecule has 0 aliphatic heterocycles. The lowest BCUT2D eigenvalue weighted by Gasteiger charge is -2.01. The third kappa shape index (κ3) is 2.68. The van der Waals surface area contributed by atoms with Gasteiger partial charge >= 0.3 is 5.97 Å². The zero-order valence-corrected chi connectivity index (χ0v) is 11.8. The SMILES string of the molecule is CCOC(=O)c1cnc(-c2cc(Br)cs2)[nH]c1=O. The number of thiophene rings is 1. The molecule has 0 fully saturated rings. The maximum absolute atomic E-state index is 11.7. The molecule has 0 spiro atoms. The average Bonchev–Trinajstić information content (AvgIpc) is 2.76. The summed E-state index contributed by atoms with van der Waals surface area (Å²) in [5.74, 6) is -0.228.